The molecule has 1 aliphatic heterocycles. The van der Waals surface area contributed by atoms with E-state index in [1.807, 2.05) is 19.1 Å². The smallest absolute Gasteiger partial charge is 0.397 e. The summed E-state index contributed by atoms with van der Waals surface area (Å²) < 4.78 is 40.5. The van der Waals surface area contributed by atoms with Crippen LogP contribution in [0.3, 0.4) is 0 Å². The number of benzene rings is 1. The lowest BCUT2D eigenvalue weighted by atomic mass is 9.99. The summed E-state index contributed by atoms with van der Waals surface area (Å²) in [6.07, 6.45) is 3.86. The lowest BCUT2D eigenvalue weighted by molar-refractivity contribution is -0.136. The van der Waals surface area contributed by atoms with Gasteiger partial charge in [-0.15, -0.1) is 0 Å². The van der Waals surface area contributed by atoms with Crippen molar-refractivity contribution in [1.29, 1.82) is 0 Å². The molecular formula is C21H30F3N3. The Morgan fingerprint density at radius 2 is 2.15 bits per heavy atom. The Morgan fingerprint density at radius 3 is 2.78 bits per heavy atom. The van der Waals surface area contributed by atoms with Crippen molar-refractivity contribution in [2.45, 2.75) is 51.9 Å². The van der Waals surface area contributed by atoms with Gasteiger partial charge in [0, 0.05) is 19.1 Å². The number of nitrogens with one attached hydrogen (secondary N) is 1. The van der Waals surface area contributed by atoms with E-state index >= 15 is 0 Å². The van der Waals surface area contributed by atoms with Gasteiger partial charge < -0.3 is 11.1 Å². The van der Waals surface area contributed by atoms with Gasteiger partial charge in [-0.25, -0.2) is 0 Å². The molecule has 0 radical (unpaired) electrons. The van der Waals surface area contributed by atoms with Gasteiger partial charge in [0.05, 0.1) is 16.9 Å². The molecule has 2 atom stereocenters. The second-order valence-corrected chi connectivity index (χ2v) is 7.53. The maximum absolute atomic E-state index is 13.5. The molecule has 3 nitrogen and oxygen atoms in total. The first-order valence-corrected chi connectivity index (χ1v) is 9.46. The van der Waals surface area contributed by atoms with Crippen molar-refractivity contribution in [1.82, 2.24) is 4.90 Å². The van der Waals surface area contributed by atoms with Crippen molar-refractivity contribution in [3.05, 3.63) is 48.1 Å². The molecule has 0 amide bonds. The number of hydrogen-bond donors (Lipinski definition) is 2. The van der Waals surface area contributed by atoms with E-state index in [2.05, 4.69) is 23.7 Å². The molecular weight excluding hydrogens is 351 g/mol. The number of rotatable bonds is 7. The summed E-state index contributed by atoms with van der Waals surface area (Å²) in [5, 5.41) is 3.14. The number of alkyl halides is 3. The third-order valence-corrected chi connectivity index (χ3v) is 4.86. The first-order valence-electron chi connectivity index (χ1n) is 9.46. The Kier molecular flexibility index (Phi) is 7.36. The lowest BCUT2D eigenvalue weighted by Gasteiger charge is -2.31. The minimum Gasteiger partial charge on any atom is -0.397 e. The molecule has 27 heavy (non-hydrogen) atoms. The van der Waals surface area contributed by atoms with Crippen LogP contribution in [0, 0.1) is 5.92 Å². The van der Waals surface area contributed by atoms with Crippen molar-refractivity contribution >= 4 is 11.4 Å². The van der Waals surface area contributed by atoms with E-state index < -0.39 is 11.7 Å². The van der Waals surface area contributed by atoms with Gasteiger partial charge in [0.2, 0.25) is 0 Å². The molecule has 2 rings (SSSR count). The molecule has 0 saturated carbocycles. The van der Waals surface area contributed by atoms with Crippen molar-refractivity contribution in [2.75, 3.05) is 24.1 Å². The van der Waals surface area contributed by atoms with E-state index in [1.54, 1.807) is 12.1 Å². The molecule has 1 unspecified atom stereocenters. The number of anilines is 2. The Balaban J connectivity index is 2.25. The van der Waals surface area contributed by atoms with Gasteiger partial charge in [0.1, 0.15) is 0 Å². The summed E-state index contributed by atoms with van der Waals surface area (Å²) in [6.45, 7) is 10.0. The van der Waals surface area contributed by atoms with Crippen molar-refractivity contribution in [2.24, 2.45) is 5.92 Å². The van der Waals surface area contributed by atoms with E-state index in [4.69, 9.17) is 5.73 Å². The molecule has 1 fully saturated rings. The van der Waals surface area contributed by atoms with Crippen LogP contribution in [0.1, 0.15) is 44.2 Å². The van der Waals surface area contributed by atoms with Crippen LogP contribution in [-0.2, 0) is 12.7 Å². The normalized spacial score (nSPS) is 20.0. The largest absolute Gasteiger partial charge is 0.418 e. The standard InChI is InChI=1S/C21H30F3N3/c1-4-5-6-9-16(3)26-19-12-17(11-18(20(19)25)21(22,23)24)14-27-10-7-8-15(2)13-27/h4-6,11-12,15-16,26H,1,7-10,13-14,25H2,2-3H3/b6-5-/t15-,16?/m0/s1. The molecule has 0 aliphatic carbocycles. The van der Waals surface area contributed by atoms with Gasteiger partial charge >= 0.3 is 6.18 Å². The number of piperidine rings is 1. The highest BCUT2D eigenvalue weighted by atomic mass is 19.4. The average molecular weight is 381 g/mol. The van der Waals surface area contributed by atoms with E-state index in [0.717, 1.165) is 19.5 Å². The highest BCUT2D eigenvalue weighted by molar-refractivity contribution is 5.72. The summed E-state index contributed by atoms with van der Waals surface area (Å²) in [7, 11) is 0. The van der Waals surface area contributed by atoms with Crippen LogP contribution >= 0.6 is 0 Å². The van der Waals surface area contributed by atoms with Crippen LogP contribution in [0.5, 0.6) is 0 Å². The van der Waals surface area contributed by atoms with Crippen molar-refractivity contribution in [3.8, 4) is 0 Å². The molecule has 3 N–H and O–H groups in total. The molecule has 1 aliphatic rings. The quantitative estimate of drug-likeness (QED) is 0.487. The van der Waals surface area contributed by atoms with Gasteiger partial charge in [0.15, 0.2) is 0 Å². The number of hydrogen-bond acceptors (Lipinski definition) is 3. The Morgan fingerprint density at radius 1 is 1.41 bits per heavy atom. The van der Waals surface area contributed by atoms with Gasteiger partial charge in [-0.2, -0.15) is 13.2 Å². The van der Waals surface area contributed by atoms with Gasteiger partial charge in [-0.1, -0.05) is 31.7 Å². The molecule has 1 heterocycles. The summed E-state index contributed by atoms with van der Waals surface area (Å²) in [5.74, 6) is 0.573. The second kappa shape index (κ2) is 9.31. The predicted molar refractivity (Wildman–Crippen MR) is 107 cm³/mol. The summed E-state index contributed by atoms with van der Waals surface area (Å²) in [6, 6.07) is 2.91. The second-order valence-electron chi connectivity index (χ2n) is 7.53. The molecule has 1 saturated heterocycles. The van der Waals surface area contributed by atoms with E-state index in [0.29, 0.717) is 30.1 Å². The minimum atomic E-state index is -4.47. The minimum absolute atomic E-state index is 0.0464. The number of nitrogens with two attached hydrogens (primary N) is 1. The average Bonchev–Trinajstić information content (AvgIpc) is 2.57. The van der Waals surface area contributed by atoms with Crippen molar-refractivity contribution < 1.29 is 13.2 Å². The number of likely N-dealkylation sites (tertiary alicyclic amines) is 1. The van der Waals surface area contributed by atoms with Crippen LogP contribution in [0.2, 0.25) is 0 Å². The lowest BCUT2D eigenvalue weighted by Crippen LogP contribution is -2.33. The molecule has 6 heteroatoms. The summed E-state index contributed by atoms with van der Waals surface area (Å²) in [5.41, 5.74) is 5.86. The van der Waals surface area contributed by atoms with Crippen LogP contribution in [0.4, 0.5) is 24.5 Å². The third-order valence-electron chi connectivity index (χ3n) is 4.86. The Labute approximate surface area is 160 Å². The van der Waals surface area contributed by atoms with E-state index in [1.165, 1.54) is 12.5 Å². The Hall–Kier alpha value is -1.95. The zero-order valence-electron chi connectivity index (χ0n) is 16.1. The van der Waals surface area contributed by atoms with Crippen LogP contribution in [0.25, 0.3) is 0 Å². The zero-order chi connectivity index (χ0) is 20.0. The highest BCUT2D eigenvalue weighted by Gasteiger charge is 2.34. The van der Waals surface area contributed by atoms with Gasteiger partial charge in [0.25, 0.3) is 0 Å². The summed E-state index contributed by atoms with van der Waals surface area (Å²) in [4.78, 5) is 2.22. The monoisotopic (exact) mass is 381 g/mol. The maximum atomic E-state index is 13.5. The van der Waals surface area contributed by atoms with Crippen LogP contribution in [0.15, 0.2) is 36.9 Å². The topological polar surface area (TPSA) is 41.3 Å². The first kappa shape index (κ1) is 21.4. The highest BCUT2D eigenvalue weighted by Crippen LogP contribution is 2.38. The summed E-state index contributed by atoms with van der Waals surface area (Å²) >= 11 is 0. The number of halogens is 3. The fraction of sp³-hybridized carbons (Fsp3) is 0.524. The molecule has 150 valence electrons. The maximum Gasteiger partial charge on any atom is 0.418 e. The molecule has 0 bridgehead atoms. The molecule has 1 aromatic rings. The van der Waals surface area contributed by atoms with Gasteiger partial charge in [-0.05, 0) is 56.3 Å². The van der Waals surface area contributed by atoms with Crippen LogP contribution < -0.4 is 11.1 Å². The van der Waals surface area contributed by atoms with Crippen LogP contribution in [-0.4, -0.2) is 24.0 Å². The van der Waals surface area contributed by atoms with Gasteiger partial charge in [-0.3, -0.25) is 4.90 Å². The number of allylic oxidation sites excluding steroid dienone is 2. The predicted octanol–water partition coefficient (Wildman–Crippen LogP) is 5.45. The Bertz CT molecular complexity index is 667. The number of nitrogen functional groups attached to an aromatic ring is 1. The first-order chi connectivity index (χ1) is 12.7. The SMILES string of the molecule is C=C/C=C\CC(C)Nc1cc(CN2CCC[C@H](C)C2)cc(C(F)(F)F)c1N. The molecule has 0 spiro atoms. The fourth-order valence-corrected chi connectivity index (χ4v) is 3.55. The fourth-order valence-electron chi connectivity index (χ4n) is 3.55. The number of nitrogens with zero attached hydrogens (tertiary/aromatic N) is 1. The molecule has 1 aromatic carbocycles. The molecule has 0 aromatic heterocycles. The third kappa shape index (κ3) is 6.31. The zero-order valence-corrected chi connectivity index (χ0v) is 16.1. The van der Waals surface area contributed by atoms with E-state index in [9.17, 15) is 13.2 Å². The van der Waals surface area contributed by atoms with E-state index in [-0.39, 0.29) is 11.7 Å². The van der Waals surface area contributed by atoms with Crippen molar-refractivity contribution in [3.63, 3.8) is 0 Å².